The second kappa shape index (κ2) is 14.9. The number of hydrogen-bond donors (Lipinski definition) is 4. The van der Waals surface area contributed by atoms with Crippen LogP contribution >= 0.6 is 0 Å². The van der Waals surface area contributed by atoms with Gasteiger partial charge in [-0.15, -0.1) is 0 Å². The Labute approximate surface area is 151 Å². The van der Waals surface area contributed by atoms with Gasteiger partial charge in [0.05, 0.1) is 12.1 Å². The average molecular weight is 360 g/mol. The maximum atomic E-state index is 12.0. The normalized spacial score (nSPS) is 13.5. The summed E-state index contributed by atoms with van der Waals surface area (Å²) in [5.41, 5.74) is 16.4. The summed E-state index contributed by atoms with van der Waals surface area (Å²) in [4.78, 5) is 16.0. The molecular formula is C17H37N5O3. The van der Waals surface area contributed by atoms with Crippen LogP contribution in [0.3, 0.4) is 0 Å². The number of aliphatic imine (C=N–C) groups is 1. The molecule has 7 N–H and O–H groups in total. The molecule has 0 fully saturated rings. The molecule has 0 rings (SSSR count). The van der Waals surface area contributed by atoms with Crippen molar-refractivity contribution in [1.82, 2.24) is 5.32 Å². The minimum atomic E-state index is -0.591. The zero-order chi connectivity index (χ0) is 19.1. The van der Waals surface area contributed by atoms with Crippen molar-refractivity contribution in [2.24, 2.45) is 22.2 Å². The molecule has 0 spiro atoms. The van der Waals surface area contributed by atoms with Crippen molar-refractivity contribution in [3.8, 4) is 0 Å². The largest absolute Gasteiger partial charge is 0.370 e. The van der Waals surface area contributed by atoms with Gasteiger partial charge in [-0.1, -0.05) is 26.7 Å². The van der Waals surface area contributed by atoms with Gasteiger partial charge in [0, 0.05) is 19.8 Å². The second-order valence-corrected chi connectivity index (χ2v) is 6.17. The Morgan fingerprint density at radius 1 is 1.08 bits per heavy atom. The molecule has 25 heavy (non-hydrogen) atoms. The maximum Gasteiger partial charge on any atom is 0.237 e. The lowest BCUT2D eigenvalue weighted by molar-refractivity contribution is -0.165. The molecule has 0 aromatic heterocycles. The summed E-state index contributed by atoms with van der Waals surface area (Å²) in [6.07, 6.45) is 4.78. The number of rotatable bonds is 15. The van der Waals surface area contributed by atoms with Gasteiger partial charge in [0.25, 0.3) is 0 Å². The maximum absolute atomic E-state index is 12.0. The van der Waals surface area contributed by atoms with Gasteiger partial charge in [0.2, 0.25) is 5.91 Å². The lowest BCUT2D eigenvalue weighted by atomic mass is 10.1. The van der Waals surface area contributed by atoms with E-state index < -0.39 is 12.3 Å². The molecule has 8 heteroatoms. The lowest BCUT2D eigenvalue weighted by Crippen LogP contribution is -2.50. The van der Waals surface area contributed by atoms with E-state index in [1.807, 2.05) is 0 Å². The van der Waals surface area contributed by atoms with Gasteiger partial charge in [-0.2, -0.15) is 0 Å². The van der Waals surface area contributed by atoms with Crippen molar-refractivity contribution in [2.45, 2.75) is 77.7 Å². The summed E-state index contributed by atoms with van der Waals surface area (Å²) < 4.78 is 11.8. The highest BCUT2D eigenvalue weighted by Crippen LogP contribution is 2.11. The first-order valence-electron chi connectivity index (χ1n) is 9.26. The molecule has 0 bridgehead atoms. The molecule has 0 radical (unpaired) electrons. The standard InChI is InChI=1S/C17H37N5O3/c1-4-6-11-24-16(25-12-7-5-2)14(22-15(23)13(3)18)9-8-10-21-17(19)20/h13-14,16H,4-12,18H2,1-3H3,(H,22,23)(H4,19,20,21)/t13-,14-/m0/s1. The topological polar surface area (TPSA) is 138 Å². The number of nitrogens with zero attached hydrogens (tertiary/aromatic N) is 1. The predicted molar refractivity (Wildman–Crippen MR) is 101 cm³/mol. The van der Waals surface area contributed by atoms with Crippen molar-refractivity contribution in [2.75, 3.05) is 19.8 Å². The summed E-state index contributed by atoms with van der Waals surface area (Å²) in [6.45, 7) is 7.51. The van der Waals surface area contributed by atoms with Crippen molar-refractivity contribution in [3.05, 3.63) is 0 Å². The molecule has 0 unspecified atom stereocenters. The van der Waals surface area contributed by atoms with Crippen LogP contribution in [0.5, 0.6) is 0 Å². The molecule has 2 atom stereocenters. The number of carbonyl (C=O) groups is 1. The SMILES string of the molecule is CCCCOC(OCCCC)[C@H](CCCN=C(N)N)NC(=O)[C@H](C)N. The van der Waals surface area contributed by atoms with E-state index in [0.29, 0.717) is 32.6 Å². The van der Waals surface area contributed by atoms with Crippen molar-refractivity contribution < 1.29 is 14.3 Å². The number of hydrogen-bond acceptors (Lipinski definition) is 5. The number of unbranched alkanes of at least 4 members (excludes halogenated alkanes) is 2. The number of ether oxygens (including phenoxy) is 2. The van der Waals surface area contributed by atoms with Crippen LogP contribution in [0.1, 0.15) is 59.3 Å². The van der Waals surface area contributed by atoms with E-state index in [9.17, 15) is 4.79 Å². The van der Waals surface area contributed by atoms with Gasteiger partial charge in [0.15, 0.2) is 12.2 Å². The molecule has 0 aliphatic rings. The van der Waals surface area contributed by atoms with Crippen LogP contribution in [0.25, 0.3) is 0 Å². The zero-order valence-electron chi connectivity index (χ0n) is 16.0. The molecule has 0 saturated heterocycles. The van der Waals surface area contributed by atoms with E-state index in [2.05, 4.69) is 24.2 Å². The third-order valence-corrected chi connectivity index (χ3v) is 3.60. The van der Waals surface area contributed by atoms with Crippen LogP contribution < -0.4 is 22.5 Å². The minimum absolute atomic E-state index is 0.0612. The van der Waals surface area contributed by atoms with Crippen molar-refractivity contribution >= 4 is 11.9 Å². The Kier molecular flexibility index (Phi) is 14.1. The molecule has 1 amide bonds. The van der Waals surface area contributed by atoms with Crippen LogP contribution in [0.4, 0.5) is 0 Å². The highest BCUT2D eigenvalue weighted by Gasteiger charge is 2.25. The Morgan fingerprint density at radius 3 is 2.08 bits per heavy atom. The van der Waals surface area contributed by atoms with Crippen LogP contribution in [-0.4, -0.2) is 50.0 Å². The van der Waals surface area contributed by atoms with Gasteiger partial charge < -0.3 is 32.0 Å². The second-order valence-electron chi connectivity index (χ2n) is 6.17. The molecule has 0 aliphatic heterocycles. The van der Waals surface area contributed by atoms with E-state index in [-0.39, 0.29) is 17.9 Å². The lowest BCUT2D eigenvalue weighted by Gasteiger charge is -2.29. The van der Waals surface area contributed by atoms with E-state index >= 15 is 0 Å². The Hall–Kier alpha value is -1.38. The van der Waals surface area contributed by atoms with E-state index in [1.165, 1.54) is 0 Å². The first-order chi connectivity index (χ1) is 11.9. The fourth-order valence-electron chi connectivity index (χ4n) is 2.08. The summed E-state index contributed by atoms with van der Waals surface area (Å²) in [7, 11) is 0. The van der Waals surface area contributed by atoms with Crippen LogP contribution in [0.2, 0.25) is 0 Å². The number of amides is 1. The fourth-order valence-corrected chi connectivity index (χ4v) is 2.08. The van der Waals surface area contributed by atoms with E-state index in [0.717, 1.165) is 25.7 Å². The molecule has 0 aliphatic carbocycles. The zero-order valence-corrected chi connectivity index (χ0v) is 16.0. The van der Waals surface area contributed by atoms with Crippen LogP contribution in [-0.2, 0) is 14.3 Å². The van der Waals surface area contributed by atoms with Gasteiger partial charge in [-0.05, 0) is 32.6 Å². The van der Waals surface area contributed by atoms with Crippen molar-refractivity contribution in [1.29, 1.82) is 0 Å². The monoisotopic (exact) mass is 359 g/mol. The molecular weight excluding hydrogens is 322 g/mol. The fraction of sp³-hybridized carbons (Fsp3) is 0.882. The molecule has 0 aromatic rings. The predicted octanol–water partition coefficient (Wildman–Crippen LogP) is 0.832. The highest BCUT2D eigenvalue weighted by atomic mass is 16.7. The summed E-state index contributed by atoms with van der Waals surface area (Å²) in [6, 6.07) is -0.881. The Balaban J connectivity index is 4.85. The first kappa shape index (κ1) is 23.6. The van der Waals surface area contributed by atoms with Crippen LogP contribution in [0, 0.1) is 0 Å². The number of guanidine groups is 1. The van der Waals surface area contributed by atoms with Gasteiger partial charge in [0.1, 0.15) is 0 Å². The quantitative estimate of drug-likeness (QED) is 0.148. The van der Waals surface area contributed by atoms with Gasteiger partial charge in [-0.3, -0.25) is 9.79 Å². The summed E-state index contributed by atoms with van der Waals surface area (Å²) >= 11 is 0. The Bertz CT molecular complexity index is 363. The van der Waals surface area contributed by atoms with E-state index in [4.69, 9.17) is 26.7 Å². The molecule has 8 nitrogen and oxygen atoms in total. The Morgan fingerprint density at radius 2 is 1.64 bits per heavy atom. The first-order valence-corrected chi connectivity index (χ1v) is 9.26. The van der Waals surface area contributed by atoms with E-state index in [1.54, 1.807) is 6.92 Å². The highest BCUT2D eigenvalue weighted by molar-refractivity contribution is 5.81. The van der Waals surface area contributed by atoms with Crippen molar-refractivity contribution in [3.63, 3.8) is 0 Å². The molecule has 0 aromatic carbocycles. The third kappa shape index (κ3) is 12.6. The third-order valence-electron chi connectivity index (χ3n) is 3.60. The average Bonchev–Trinajstić information content (AvgIpc) is 2.56. The number of nitrogens with one attached hydrogen (secondary N) is 1. The molecule has 0 saturated carbocycles. The van der Waals surface area contributed by atoms with Gasteiger partial charge >= 0.3 is 0 Å². The number of carbonyl (C=O) groups excluding carboxylic acids is 1. The summed E-state index contributed by atoms with van der Waals surface area (Å²) in [5.74, 6) is -0.166. The smallest absolute Gasteiger partial charge is 0.237 e. The van der Waals surface area contributed by atoms with Gasteiger partial charge in [-0.25, -0.2) is 0 Å². The molecule has 0 heterocycles. The van der Waals surface area contributed by atoms with Crippen LogP contribution in [0.15, 0.2) is 4.99 Å². The number of nitrogens with two attached hydrogens (primary N) is 3. The minimum Gasteiger partial charge on any atom is -0.370 e. The summed E-state index contributed by atoms with van der Waals surface area (Å²) in [5, 5.41) is 2.93. The molecule has 148 valence electrons.